The highest BCUT2D eigenvalue weighted by Gasteiger charge is 2.32. The molecule has 1 aromatic heterocycles. The maximum atomic E-state index is 12.8. The lowest BCUT2D eigenvalue weighted by atomic mass is 10.2. The van der Waals surface area contributed by atoms with Gasteiger partial charge in [0.2, 0.25) is 5.91 Å². The van der Waals surface area contributed by atoms with E-state index in [0.29, 0.717) is 18.3 Å². The number of aryl methyl sites for hydroxylation is 1. The fourth-order valence-corrected chi connectivity index (χ4v) is 5.92. The lowest BCUT2D eigenvalue weighted by Gasteiger charge is -2.24. The normalized spacial score (nSPS) is 20.5. The van der Waals surface area contributed by atoms with Crippen LogP contribution in [0.15, 0.2) is 41.8 Å². The molecule has 2 saturated heterocycles. The molecule has 7 heteroatoms. The predicted molar refractivity (Wildman–Crippen MR) is 116 cm³/mol. The Hall–Kier alpha value is -1.99. The van der Waals surface area contributed by atoms with Crippen LogP contribution in [-0.2, 0) is 4.79 Å². The third-order valence-electron chi connectivity index (χ3n) is 5.32. The summed E-state index contributed by atoms with van der Waals surface area (Å²) in [7, 11) is 0. The van der Waals surface area contributed by atoms with Crippen molar-refractivity contribution in [2.24, 2.45) is 0 Å². The Bertz CT molecular complexity index is 823. The molecule has 0 bridgehead atoms. The van der Waals surface area contributed by atoms with Gasteiger partial charge in [-0.2, -0.15) is 11.8 Å². The Balaban J connectivity index is 1.33. The molecule has 1 aromatic carbocycles. The van der Waals surface area contributed by atoms with Crippen molar-refractivity contribution in [3.05, 3.63) is 52.2 Å². The fourth-order valence-electron chi connectivity index (χ4n) is 3.68. The zero-order valence-electron chi connectivity index (χ0n) is 16.0. The Morgan fingerprint density at radius 1 is 1.11 bits per heavy atom. The number of hydrogen-bond acceptors (Lipinski definition) is 4. The number of nitrogens with zero attached hydrogens (tertiary/aromatic N) is 3. The van der Waals surface area contributed by atoms with E-state index >= 15 is 0 Å². The fraction of sp³-hybridized carbons (Fsp3) is 0.429. The highest BCUT2D eigenvalue weighted by molar-refractivity contribution is 7.99. The molecule has 28 heavy (non-hydrogen) atoms. The molecular weight excluding hydrogens is 390 g/mol. The van der Waals surface area contributed by atoms with Gasteiger partial charge in [0.05, 0.1) is 0 Å². The van der Waals surface area contributed by atoms with Gasteiger partial charge in [0, 0.05) is 47.7 Å². The highest BCUT2D eigenvalue weighted by Crippen LogP contribution is 2.36. The Kier molecular flexibility index (Phi) is 5.92. The maximum Gasteiger partial charge on any atom is 0.325 e. The largest absolute Gasteiger partial charge is 0.340 e. The number of benzene rings is 1. The van der Waals surface area contributed by atoms with Gasteiger partial charge in [0.25, 0.3) is 0 Å². The molecule has 1 unspecified atom stereocenters. The van der Waals surface area contributed by atoms with Crippen LogP contribution in [0.5, 0.6) is 0 Å². The summed E-state index contributed by atoms with van der Waals surface area (Å²) in [5.74, 6) is 1.00. The summed E-state index contributed by atoms with van der Waals surface area (Å²) < 4.78 is 0. The number of thioether (sulfide) groups is 1. The van der Waals surface area contributed by atoms with E-state index < -0.39 is 0 Å². The van der Waals surface area contributed by atoms with Gasteiger partial charge in [-0.05, 0) is 36.9 Å². The number of amides is 3. The van der Waals surface area contributed by atoms with Crippen LogP contribution in [0.25, 0.3) is 0 Å². The second-order valence-electron chi connectivity index (χ2n) is 7.24. The van der Waals surface area contributed by atoms with Crippen molar-refractivity contribution in [2.45, 2.75) is 18.6 Å². The molecule has 4 rings (SSSR count). The zero-order chi connectivity index (χ0) is 19.5. The van der Waals surface area contributed by atoms with Gasteiger partial charge in [0.1, 0.15) is 6.54 Å². The summed E-state index contributed by atoms with van der Waals surface area (Å²) >= 11 is 3.72. The summed E-state index contributed by atoms with van der Waals surface area (Å²) in [4.78, 5) is 32.4. The molecule has 0 radical (unpaired) electrons. The molecule has 3 amide bonds. The van der Waals surface area contributed by atoms with Gasteiger partial charge in [-0.25, -0.2) is 4.79 Å². The second-order valence-corrected chi connectivity index (χ2v) is 9.53. The van der Waals surface area contributed by atoms with Crippen LogP contribution in [0.4, 0.5) is 10.5 Å². The van der Waals surface area contributed by atoms with Gasteiger partial charge < -0.3 is 9.80 Å². The third kappa shape index (κ3) is 4.20. The van der Waals surface area contributed by atoms with E-state index in [9.17, 15) is 9.59 Å². The van der Waals surface area contributed by atoms with Crippen molar-refractivity contribution in [1.29, 1.82) is 0 Å². The first-order valence-corrected chi connectivity index (χ1v) is 11.6. The molecule has 0 saturated carbocycles. The maximum absolute atomic E-state index is 12.8. The zero-order valence-corrected chi connectivity index (χ0v) is 17.7. The van der Waals surface area contributed by atoms with Crippen LogP contribution in [0.2, 0.25) is 0 Å². The summed E-state index contributed by atoms with van der Waals surface area (Å²) in [6.07, 6.45) is 0.973. The quantitative estimate of drug-likeness (QED) is 0.758. The van der Waals surface area contributed by atoms with E-state index in [2.05, 4.69) is 17.5 Å². The van der Waals surface area contributed by atoms with Crippen LogP contribution in [0.3, 0.4) is 0 Å². The molecule has 2 aliphatic heterocycles. The molecule has 0 spiro atoms. The number of hydrogen-bond donors (Lipinski definition) is 0. The van der Waals surface area contributed by atoms with Gasteiger partial charge >= 0.3 is 6.03 Å². The van der Waals surface area contributed by atoms with Crippen LogP contribution < -0.4 is 4.90 Å². The van der Waals surface area contributed by atoms with Gasteiger partial charge in [-0.1, -0.05) is 23.8 Å². The Labute approximate surface area is 174 Å². The van der Waals surface area contributed by atoms with E-state index in [4.69, 9.17) is 0 Å². The smallest absolute Gasteiger partial charge is 0.325 e. The number of thiophene rings is 1. The number of carbonyl (C=O) groups excluding carboxylic acids is 2. The second kappa shape index (κ2) is 8.57. The topological polar surface area (TPSA) is 43.9 Å². The molecule has 2 fully saturated rings. The molecular formula is C21H25N3O2S2. The number of rotatable bonds is 4. The summed E-state index contributed by atoms with van der Waals surface area (Å²) in [6, 6.07) is 12.2. The minimum atomic E-state index is -0.0714. The van der Waals surface area contributed by atoms with E-state index in [1.54, 1.807) is 21.1 Å². The van der Waals surface area contributed by atoms with Crippen molar-refractivity contribution >= 4 is 40.7 Å². The highest BCUT2D eigenvalue weighted by atomic mass is 32.2. The summed E-state index contributed by atoms with van der Waals surface area (Å²) in [5.41, 5.74) is 2.07. The number of carbonyl (C=O) groups is 2. The molecule has 3 heterocycles. The minimum Gasteiger partial charge on any atom is -0.340 e. The van der Waals surface area contributed by atoms with E-state index in [1.165, 1.54) is 10.4 Å². The first kappa shape index (κ1) is 19.3. The monoisotopic (exact) mass is 415 g/mol. The third-order valence-corrected chi connectivity index (χ3v) is 7.77. The molecule has 2 aliphatic rings. The Morgan fingerprint density at radius 3 is 2.68 bits per heavy atom. The number of urea groups is 1. The van der Waals surface area contributed by atoms with E-state index in [0.717, 1.165) is 31.0 Å². The summed E-state index contributed by atoms with van der Waals surface area (Å²) in [5, 5.41) is 2.59. The molecule has 0 N–H and O–H groups in total. The average Bonchev–Trinajstić information content (AvgIpc) is 3.27. The van der Waals surface area contributed by atoms with Crippen molar-refractivity contribution in [3.63, 3.8) is 0 Å². The van der Waals surface area contributed by atoms with Crippen molar-refractivity contribution in [3.8, 4) is 0 Å². The minimum absolute atomic E-state index is 0.0616. The van der Waals surface area contributed by atoms with Crippen molar-refractivity contribution < 1.29 is 9.59 Å². The van der Waals surface area contributed by atoms with Crippen LogP contribution in [-0.4, -0.2) is 60.2 Å². The average molecular weight is 416 g/mol. The van der Waals surface area contributed by atoms with Gasteiger partial charge in [0.15, 0.2) is 0 Å². The van der Waals surface area contributed by atoms with Crippen LogP contribution >= 0.6 is 23.1 Å². The van der Waals surface area contributed by atoms with Crippen LogP contribution in [0.1, 0.15) is 22.1 Å². The van der Waals surface area contributed by atoms with Crippen molar-refractivity contribution in [1.82, 2.24) is 9.80 Å². The predicted octanol–water partition coefficient (Wildman–Crippen LogP) is 4.01. The lowest BCUT2D eigenvalue weighted by molar-refractivity contribution is -0.131. The van der Waals surface area contributed by atoms with E-state index in [1.807, 2.05) is 47.9 Å². The summed E-state index contributed by atoms with van der Waals surface area (Å²) in [6.45, 7) is 4.95. The SMILES string of the molecule is Cc1ccc(N2CCN(CC(=O)N3CCSC(c4cccs4)CC3)C2=O)cc1. The van der Waals surface area contributed by atoms with Crippen LogP contribution in [0, 0.1) is 6.92 Å². The van der Waals surface area contributed by atoms with Gasteiger partial charge in [-0.15, -0.1) is 11.3 Å². The first-order valence-electron chi connectivity index (χ1n) is 9.68. The van der Waals surface area contributed by atoms with Gasteiger partial charge in [-0.3, -0.25) is 9.69 Å². The lowest BCUT2D eigenvalue weighted by Crippen LogP contribution is -2.43. The van der Waals surface area contributed by atoms with E-state index in [-0.39, 0.29) is 18.5 Å². The Morgan fingerprint density at radius 2 is 1.93 bits per heavy atom. The standard InChI is InChI=1S/C21H25N3O2S2/c1-16-4-6-17(7-5-16)24-11-10-23(21(24)26)15-20(25)22-9-8-19(28-14-12-22)18-3-2-13-27-18/h2-7,13,19H,8-12,14-15H2,1H3. The number of anilines is 1. The molecule has 2 aromatic rings. The van der Waals surface area contributed by atoms with Crippen molar-refractivity contribution in [2.75, 3.05) is 43.4 Å². The first-order chi connectivity index (χ1) is 13.6. The molecule has 1 atom stereocenters. The molecule has 5 nitrogen and oxygen atoms in total. The molecule has 0 aliphatic carbocycles. The molecule has 148 valence electrons.